The molecule has 0 aromatic carbocycles. The fourth-order valence-electron chi connectivity index (χ4n) is 1.52. The molecule has 18 heavy (non-hydrogen) atoms. The summed E-state index contributed by atoms with van der Waals surface area (Å²) in [5.74, 6) is 0.536. The summed E-state index contributed by atoms with van der Waals surface area (Å²) >= 11 is 0. The number of hydrogen-bond acceptors (Lipinski definition) is 4. The van der Waals surface area contributed by atoms with Crippen LogP contribution in [0.1, 0.15) is 58.2 Å². The first-order valence-corrected chi connectivity index (χ1v) is 6.40. The SMILES string of the molecule is CC(C)(C)CCc1nnc(CCCCC(=O)O)o1. The smallest absolute Gasteiger partial charge is 0.303 e. The predicted molar refractivity (Wildman–Crippen MR) is 67.3 cm³/mol. The number of nitrogens with zero attached hydrogens (tertiary/aromatic N) is 2. The molecule has 0 radical (unpaired) electrons. The van der Waals surface area contributed by atoms with Gasteiger partial charge >= 0.3 is 5.97 Å². The summed E-state index contributed by atoms with van der Waals surface area (Å²) in [6.45, 7) is 6.53. The minimum absolute atomic E-state index is 0.199. The van der Waals surface area contributed by atoms with Crippen molar-refractivity contribution in [2.24, 2.45) is 5.41 Å². The number of carbonyl (C=O) groups is 1. The van der Waals surface area contributed by atoms with Crippen molar-refractivity contribution in [2.75, 3.05) is 0 Å². The van der Waals surface area contributed by atoms with Crippen molar-refractivity contribution in [3.05, 3.63) is 11.8 Å². The van der Waals surface area contributed by atoms with E-state index in [1.165, 1.54) is 0 Å². The molecule has 5 heteroatoms. The minimum atomic E-state index is -0.758. The van der Waals surface area contributed by atoms with Crippen molar-refractivity contribution in [1.29, 1.82) is 0 Å². The molecule has 1 N–H and O–H groups in total. The average molecular weight is 254 g/mol. The lowest BCUT2D eigenvalue weighted by Gasteiger charge is -2.15. The Hall–Kier alpha value is -1.39. The molecule has 0 aliphatic carbocycles. The molecule has 1 aromatic rings. The molecule has 0 aliphatic heterocycles. The summed E-state index contributed by atoms with van der Waals surface area (Å²) in [5.41, 5.74) is 0.260. The molecule has 0 aliphatic rings. The van der Waals surface area contributed by atoms with Crippen LogP contribution in [0.25, 0.3) is 0 Å². The van der Waals surface area contributed by atoms with E-state index >= 15 is 0 Å². The number of carboxylic acids is 1. The van der Waals surface area contributed by atoms with Crippen molar-refractivity contribution >= 4 is 5.97 Å². The fourth-order valence-corrected chi connectivity index (χ4v) is 1.52. The van der Waals surface area contributed by atoms with Gasteiger partial charge in [-0.15, -0.1) is 10.2 Å². The Morgan fingerprint density at radius 2 is 1.78 bits per heavy atom. The summed E-state index contributed by atoms with van der Waals surface area (Å²) in [5, 5.41) is 16.5. The van der Waals surface area contributed by atoms with Gasteiger partial charge in [0.25, 0.3) is 0 Å². The molecule has 0 bridgehead atoms. The van der Waals surface area contributed by atoms with Crippen LogP contribution in [-0.4, -0.2) is 21.3 Å². The van der Waals surface area contributed by atoms with Crippen LogP contribution in [0.4, 0.5) is 0 Å². The van der Waals surface area contributed by atoms with E-state index in [1.54, 1.807) is 0 Å². The standard InChI is InChI=1S/C13H22N2O3/c1-13(2,3)9-8-11-15-14-10(18-11)6-4-5-7-12(16)17/h4-9H2,1-3H3,(H,16,17). The van der Waals surface area contributed by atoms with Crippen LogP contribution in [0, 0.1) is 5.41 Å². The molecule has 0 spiro atoms. The third-order valence-corrected chi connectivity index (χ3v) is 2.63. The van der Waals surface area contributed by atoms with Crippen molar-refractivity contribution in [3.8, 4) is 0 Å². The highest BCUT2D eigenvalue weighted by Gasteiger charge is 2.13. The third kappa shape index (κ3) is 6.37. The fraction of sp³-hybridized carbons (Fsp3) is 0.769. The summed E-state index contributed by atoms with van der Waals surface area (Å²) in [6.07, 6.45) is 4.09. The van der Waals surface area contributed by atoms with E-state index in [0.29, 0.717) is 24.6 Å². The highest BCUT2D eigenvalue weighted by atomic mass is 16.4. The first kappa shape index (κ1) is 14.7. The molecule has 0 saturated carbocycles. The van der Waals surface area contributed by atoms with E-state index in [1.807, 2.05) is 0 Å². The predicted octanol–water partition coefficient (Wildman–Crippen LogP) is 2.85. The Balaban J connectivity index is 2.28. The molecule has 0 unspecified atom stereocenters. The topological polar surface area (TPSA) is 76.2 Å². The van der Waals surface area contributed by atoms with Crippen molar-refractivity contribution in [1.82, 2.24) is 10.2 Å². The molecule has 0 saturated heterocycles. The van der Waals surface area contributed by atoms with Gasteiger partial charge in [0.15, 0.2) is 0 Å². The zero-order chi connectivity index (χ0) is 13.6. The average Bonchev–Trinajstić information content (AvgIpc) is 2.68. The van der Waals surface area contributed by atoms with Gasteiger partial charge in [-0.1, -0.05) is 20.8 Å². The van der Waals surface area contributed by atoms with Crippen molar-refractivity contribution in [2.45, 2.75) is 59.3 Å². The van der Waals surface area contributed by atoms with E-state index in [9.17, 15) is 4.79 Å². The maximum Gasteiger partial charge on any atom is 0.303 e. The Morgan fingerprint density at radius 1 is 1.17 bits per heavy atom. The van der Waals surface area contributed by atoms with Gasteiger partial charge in [-0.05, 0) is 24.7 Å². The van der Waals surface area contributed by atoms with Gasteiger partial charge in [0.05, 0.1) is 0 Å². The second-order valence-corrected chi connectivity index (χ2v) is 5.75. The zero-order valence-corrected chi connectivity index (χ0v) is 11.4. The molecule has 1 heterocycles. The number of aryl methyl sites for hydroxylation is 2. The van der Waals surface area contributed by atoms with Gasteiger partial charge in [0.1, 0.15) is 0 Å². The van der Waals surface area contributed by atoms with Gasteiger partial charge in [-0.2, -0.15) is 0 Å². The van der Waals surface area contributed by atoms with E-state index in [-0.39, 0.29) is 11.8 Å². The maximum absolute atomic E-state index is 10.3. The summed E-state index contributed by atoms with van der Waals surface area (Å²) in [7, 11) is 0. The van der Waals surface area contributed by atoms with Gasteiger partial charge in [-0.3, -0.25) is 4.79 Å². The molecule has 0 fully saturated rings. The van der Waals surface area contributed by atoms with Gasteiger partial charge in [-0.25, -0.2) is 0 Å². The molecular weight excluding hydrogens is 232 g/mol. The summed E-state index contributed by atoms with van der Waals surface area (Å²) in [4.78, 5) is 10.3. The number of rotatable bonds is 7. The summed E-state index contributed by atoms with van der Waals surface area (Å²) < 4.78 is 5.52. The Bertz CT molecular complexity index is 380. The number of carboxylic acid groups (broad SMARTS) is 1. The lowest BCUT2D eigenvalue weighted by atomic mass is 9.91. The van der Waals surface area contributed by atoms with Crippen LogP contribution in [0.2, 0.25) is 0 Å². The van der Waals surface area contributed by atoms with E-state index in [2.05, 4.69) is 31.0 Å². The molecular formula is C13H22N2O3. The number of unbranched alkanes of at least 4 members (excludes halogenated alkanes) is 1. The Morgan fingerprint density at radius 3 is 2.33 bits per heavy atom. The zero-order valence-electron chi connectivity index (χ0n) is 11.4. The van der Waals surface area contributed by atoms with Gasteiger partial charge < -0.3 is 9.52 Å². The molecule has 0 atom stereocenters. The van der Waals surface area contributed by atoms with Gasteiger partial charge in [0, 0.05) is 19.3 Å². The number of aromatic nitrogens is 2. The second kappa shape index (κ2) is 6.52. The van der Waals surface area contributed by atoms with Crippen LogP contribution >= 0.6 is 0 Å². The highest BCUT2D eigenvalue weighted by Crippen LogP contribution is 2.21. The molecule has 1 aromatic heterocycles. The molecule has 1 rings (SSSR count). The normalized spacial score (nSPS) is 11.7. The first-order valence-electron chi connectivity index (χ1n) is 6.40. The Labute approximate surface area is 108 Å². The quantitative estimate of drug-likeness (QED) is 0.757. The van der Waals surface area contributed by atoms with Crippen LogP contribution in [-0.2, 0) is 17.6 Å². The second-order valence-electron chi connectivity index (χ2n) is 5.75. The van der Waals surface area contributed by atoms with Crippen LogP contribution in [0.5, 0.6) is 0 Å². The first-order chi connectivity index (χ1) is 8.37. The molecule has 102 valence electrons. The third-order valence-electron chi connectivity index (χ3n) is 2.63. The van der Waals surface area contributed by atoms with Crippen molar-refractivity contribution < 1.29 is 14.3 Å². The molecule has 5 nitrogen and oxygen atoms in total. The lowest BCUT2D eigenvalue weighted by Crippen LogP contribution is -2.06. The van der Waals surface area contributed by atoms with Crippen LogP contribution < -0.4 is 0 Å². The van der Waals surface area contributed by atoms with E-state index in [4.69, 9.17) is 9.52 Å². The largest absolute Gasteiger partial charge is 0.481 e. The van der Waals surface area contributed by atoms with Crippen LogP contribution in [0.3, 0.4) is 0 Å². The minimum Gasteiger partial charge on any atom is -0.481 e. The highest BCUT2D eigenvalue weighted by molar-refractivity contribution is 5.66. The van der Waals surface area contributed by atoms with Crippen molar-refractivity contribution in [3.63, 3.8) is 0 Å². The lowest BCUT2D eigenvalue weighted by molar-refractivity contribution is -0.137. The number of aliphatic carboxylic acids is 1. The number of hydrogen-bond donors (Lipinski definition) is 1. The monoisotopic (exact) mass is 254 g/mol. The van der Waals surface area contributed by atoms with E-state index < -0.39 is 5.97 Å². The van der Waals surface area contributed by atoms with E-state index in [0.717, 1.165) is 19.3 Å². The molecule has 0 amide bonds. The van der Waals surface area contributed by atoms with Crippen LogP contribution in [0.15, 0.2) is 4.42 Å². The van der Waals surface area contributed by atoms with Gasteiger partial charge in [0.2, 0.25) is 11.8 Å². The maximum atomic E-state index is 10.3. The Kier molecular flexibility index (Phi) is 5.31. The summed E-state index contributed by atoms with van der Waals surface area (Å²) in [6, 6.07) is 0.